The van der Waals surface area contributed by atoms with E-state index in [1.54, 1.807) is 6.07 Å². The Bertz CT molecular complexity index is 1170. The SMILES string of the molecule is C/C=C/[C@H](Oc1cc(C)c(C2=CCC(C(C)(C)C)C=C2)c(C)c1)c1ccc(C(=O)NCCC(=O)O)s1. The van der Waals surface area contributed by atoms with Gasteiger partial charge in [0.05, 0.1) is 11.3 Å². The normalized spacial score (nSPS) is 16.6. The van der Waals surface area contributed by atoms with Gasteiger partial charge in [-0.1, -0.05) is 45.1 Å². The molecule has 2 N–H and O–H groups in total. The molecule has 1 amide bonds. The Morgan fingerprint density at radius 2 is 1.92 bits per heavy atom. The number of thiophene rings is 1. The van der Waals surface area contributed by atoms with Crippen molar-refractivity contribution in [2.75, 3.05) is 6.54 Å². The van der Waals surface area contributed by atoms with Crippen LogP contribution in [0.25, 0.3) is 5.57 Å². The molecular formula is C30H37NO4S. The molecule has 0 spiro atoms. The Labute approximate surface area is 218 Å². The van der Waals surface area contributed by atoms with E-state index in [0.717, 1.165) is 17.0 Å². The molecule has 2 atom stereocenters. The van der Waals surface area contributed by atoms with Gasteiger partial charge in [-0.2, -0.15) is 0 Å². The maximum Gasteiger partial charge on any atom is 0.305 e. The van der Waals surface area contributed by atoms with Crippen LogP contribution in [0.15, 0.2) is 54.6 Å². The molecule has 36 heavy (non-hydrogen) atoms. The first-order valence-electron chi connectivity index (χ1n) is 12.4. The smallest absolute Gasteiger partial charge is 0.305 e. The second-order valence-corrected chi connectivity index (χ2v) is 11.4. The Hall–Kier alpha value is -3.12. The van der Waals surface area contributed by atoms with Crippen molar-refractivity contribution in [3.05, 3.63) is 81.1 Å². The van der Waals surface area contributed by atoms with E-state index < -0.39 is 5.97 Å². The molecule has 6 heteroatoms. The number of hydrogen-bond donors (Lipinski definition) is 2. The van der Waals surface area contributed by atoms with Crippen LogP contribution < -0.4 is 10.1 Å². The summed E-state index contributed by atoms with van der Waals surface area (Å²) in [5, 5.41) is 11.4. The van der Waals surface area contributed by atoms with Gasteiger partial charge in [0.15, 0.2) is 6.10 Å². The molecule has 0 aliphatic heterocycles. The van der Waals surface area contributed by atoms with Crippen molar-refractivity contribution < 1.29 is 19.4 Å². The lowest BCUT2D eigenvalue weighted by Crippen LogP contribution is -2.25. The van der Waals surface area contributed by atoms with E-state index in [1.807, 2.05) is 25.1 Å². The minimum absolute atomic E-state index is 0.101. The molecular weight excluding hydrogens is 470 g/mol. The molecule has 1 aliphatic rings. The highest BCUT2D eigenvalue weighted by Gasteiger charge is 2.24. The standard InChI is InChI=1S/C30H37NO4S/c1-7-8-24(25-13-14-26(36-25)29(34)31-16-15-27(32)33)35-23-17-19(2)28(20(3)18-23)21-9-11-22(12-10-21)30(4,5)6/h7-11,13-14,17-18,22,24H,12,15-16H2,1-6H3,(H,31,34)(H,32,33)/b8-7+/t22?,24-/m0/s1. The molecule has 0 saturated carbocycles. The number of carboxylic acid groups (broad SMARTS) is 1. The molecule has 1 aromatic heterocycles. The maximum atomic E-state index is 12.4. The minimum atomic E-state index is -0.940. The van der Waals surface area contributed by atoms with E-state index in [1.165, 1.54) is 33.6 Å². The molecule has 2 aromatic rings. The summed E-state index contributed by atoms with van der Waals surface area (Å²) in [5.74, 6) is 0.113. The molecule has 0 radical (unpaired) electrons. The van der Waals surface area contributed by atoms with Gasteiger partial charge in [-0.3, -0.25) is 9.59 Å². The largest absolute Gasteiger partial charge is 0.481 e. The van der Waals surface area contributed by atoms with E-state index >= 15 is 0 Å². The first kappa shape index (κ1) is 27.5. The molecule has 1 heterocycles. The Morgan fingerprint density at radius 1 is 1.22 bits per heavy atom. The predicted octanol–water partition coefficient (Wildman–Crippen LogP) is 7.27. The summed E-state index contributed by atoms with van der Waals surface area (Å²) in [5.41, 5.74) is 5.10. The highest BCUT2D eigenvalue weighted by atomic mass is 32.1. The fraction of sp³-hybridized carbons (Fsp3) is 0.400. The van der Waals surface area contributed by atoms with Crippen molar-refractivity contribution in [2.24, 2.45) is 11.3 Å². The molecule has 5 nitrogen and oxygen atoms in total. The maximum absolute atomic E-state index is 12.4. The van der Waals surface area contributed by atoms with E-state index in [2.05, 4.69) is 70.3 Å². The molecule has 3 rings (SSSR count). The van der Waals surface area contributed by atoms with E-state index in [-0.39, 0.29) is 30.4 Å². The van der Waals surface area contributed by atoms with Crippen LogP contribution in [-0.4, -0.2) is 23.5 Å². The first-order valence-corrected chi connectivity index (χ1v) is 13.2. The average molecular weight is 508 g/mol. The summed E-state index contributed by atoms with van der Waals surface area (Å²) in [4.78, 5) is 24.5. The number of carbonyl (C=O) groups is 2. The zero-order valence-electron chi connectivity index (χ0n) is 22.1. The number of aliphatic carboxylic acids is 1. The van der Waals surface area contributed by atoms with Gasteiger partial charge in [0.25, 0.3) is 5.91 Å². The number of benzene rings is 1. The van der Waals surface area contributed by atoms with Gasteiger partial charge in [-0.25, -0.2) is 0 Å². The molecule has 1 aromatic carbocycles. The van der Waals surface area contributed by atoms with Crippen LogP contribution in [0.5, 0.6) is 5.75 Å². The van der Waals surface area contributed by atoms with Crippen molar-refractivity contribution in [2.45, 2.75) is 60.5 Å². The number of amides is 1. The molecule has 1 aliphatic carbocycles. The highest BCUT2D eigenvalue weighted by Crippen LogP contribution is 2.38. The summed E-state index contributed by atoms with van der Waals surface area (Å²) in [6.07, 6.45) is 11.5. The van der Waals surface area contributed by atoms with Crippen LogP contribution in [0, 0.1) is 25.2 Å². The summed E-state index contributed by atoms with van der Waals surface area (Å²) in [7, 11) is 0. The lowest BCUT2D eigenvalue weighted by Gasteiger charge is -2.30. The van der Waals surface area contributed by atoms with E-state index in [0.29, 0.717) is 10.8 Å². The van der Waals surface area contributed by atoms with E-state index in [4.69, 9.17) is 9.84 Å². The second-order valence-electron chi connectivity index (χ2n) is 10.3. The number of aryl methyl sites for hydroxylation is 2. The lowest BCUT2D eigenvalue weighted by molar-refractivity contribution is -0.136. The van der Waals surface area contributed by atoms with Crippen molar-refractivity contribution >= 4 is 28.8 Å². The fourth-order valence-electron chi connectivity index (χ4n) is 4.41. The zero-order valence-corrected chi connectivity index (χ0v) is 22.9. The number of rotatable bonds is 9. The number of hydrogen-bond acceptors (Lipinski definition) is 4. The van der Waals surface area contributed by atoms with Crippen LogP contribution in [0.1, 0.15) is 77.9 Å². The van der Waals surface area contributed by atoms with Gasteiger partial charge in [0.2, 0.25) is 0 Å². The van der Waals surface area contributed by atoms with Gasteiger partial charge in [-0.15, -0.1) is 11.3 Å². The quantitative estimate of drug-likeness (QED) is 0.350. The molecule has 0 saturated heterocycles. The Kier molecular flexibility index (Phi) is 8.96. The first-order chi connectivity index (χ1) is 17.0. The number of carbonyl (C=O) groups excluding carboxylic acids is 1. The molecule has 1 unspecified atom stereocenters. The number of nitrogens with one attached hydrogen (secondary N) is 1. The molecule has 0 bridgehead atoms. The van der Waals surface area contributed by atoms with Crippen molar-refractivity contribution in [3.8, 4) is 5.75 Å². The Balaban J connectivity index is 1.76. The van der Waals surface area contributed by atoms with Crippen molar-refractivity contribution in [1.29, 1.82) is 0 Å². The van der Waals surface area contributed by atoms with Gasteiger partial charge in [-0.05, 0) is 91.1 Å². The third kappa shape index (κ3) is 6.97. The average Bonchev–Trinajstić information content (AvgIpc) is 3.28. The second kappa shape index (κ2) is 11.7. The third-order valence-electron chi connectivity index (χ3n) is 6.39. The zero-order chi connectivity index (χ0) is 26.5. The Morgan fingerprint density at radius 3 is 2.47 bits per heavy atom. The van der Waals surface area contributed by atoms with Crippen LogP contribution >= 0.6 is 11.3 Å². The lowest BCUT2D eigenvalue weighted by atomic mass is 9.75. The minimum Gasteiger partial charge on any atom is -0.481 e. The topological polar surface area (TPSA) is 75.6 Å². The van der Waals surface area contributed by atoms with Crippen molar-refractivity contribution in [3.63, 3.8) is 0 Å². The van der Waals surface area contributed by atoms with Gasteiger partial charge in [0.1, 0.15) is 5.75 Å². The van der Waals surface area contributed by atoms with Gasteiger partial charge >= 0.3 is 5.97 Å². The predicted molar refractivity (Wildman–Crippen MR) is 148 cm³/mol. The van der Waals surface area contributed by atoms with Crippen LogP contribution in [-0.2, 0) is 4.79 Å². The van der Waals surface area contributed by atoms with Crippen LogP contribution in [0.3, 0.4) is 0 Å². The summed E-state index contributed by atoms with van der Waals surface area (Å²) < 4.78 is 6.39. The summed E-state index contributed by atoms with van der Waals surface area (Å²) >= 11 is 1.35. The number of carboxylic acids is 1. The summed E-state index contributed by atoms with van der Waals surface area (Å²) in [6.45, 7) is 13.1. The van der Waals surface area contributed by atoms with Gasteiger partial charge < -0.3 is 15.2 Å². The third-order valence-corrected chi connectivity index (χ3v) is 7.54. The molecule has 192 valence electrons. The highest BCUT2D eigenvalue weighted by molar-refractivity contribution is 7.14. The monoisotopic (exact) mass is 507 g/mol. The summed E-state index contributed by atoms with van der Waals surface area (Å²) in [6, 6.07) is 7.80. The molecule has 0 fully saturated rings. The van der Waals surface area contributed by atoms with Crippen LogP contribution in [0.4, 0.5) is 0 Å². The number of ether oxygens (including phenoxy) is 1. The van der Waals surface area contributed by atoms with Gasteiger partial charge in [0, 0.05) is 11.4 Å². The fourth-order valence-corrected chi connectivity index (χ4v) is 5.34. The van der Waals surface area contributed by atoms with E-state index in [9.17, 15) is 9.59 Å². The van der Waals surface area contributed by atoms with Crippen molar-refractivity contribution in [1.82, 2.24) is 5.32 Å². The number of allylic oxidation sites excluding steroid dienone is 5. The van der Waals surface area contributed by atoms with Crippen LogP contribution in [0.2, 0.25) is 0 Å².